The third-order valence-corrected chi connectivity index (χ3v) is 10.9. The Morgan fingerprint density at radius 2 is 1.58 bits per heavy atom. The van der Waals surface area contributed by atoms with E-state index in [-0.39, 0.29) is 50.3 Å². The summed E-state index contributed by atoms with van der Waals surface area (Å²) in [5.74, 6) is -2.68. The van der Waals surface area contributed by atoms with Crippen molar-refractivity contribution in [3.63, 3.8) is 0 Å². The third kappa shape index (κ3) is 9.28. The van der Waals surface area contributed by atoms with Crippen LogP contribution in [0.4, 0.5) is 13.2 Å². The molecular formula is C43H48F3N3O6. The van der Waals surface area contributed by atoms with Crippen LogP contribution in [0.15, 0.2) is 103 Å². The van der Waals surface area contributed by atoms with Crippen LogP contribution in [0.2, 0.25) is 0 Å². The molecule has 2 aliphatic rings. The molecule has 292 valence electrons. The highest BCUT2D eigenvalue weighted by Gasteiger charge is 2.47. The van der Waals surface area contributed by atoms with E-state index in [9.17, 15) is 33.0 Å². The van der Waals surface area contributed by atoms with Crippen LogP contribution in [-0.2, 0) is 32.2 Å². The fraction of sp³-hybridized carbons (Fsp3) is 0.395. The minimum atomic E-state index is -5.04. The van der Waals surface area contributed by atoms with Gasteiger partial charge in [0.1, 0.15) is 6.04 Å². The summed E-state index contributed by atoms with van der Waals surface area (Å²) < 4.78 is 52.8. The molecule has 3 N–H and O–H groups in total. The zero-order chi connectivity index (χ0) is 39.3. The number of benzene rings is 4. The van der Waals surface area contributed by atoms with E-state index in [1.54, 1.807) is 0 Å². The maximum Gasteiger partial charge on any atom is 0.471 e. The Balaban J connectivity index is 1.19. The lowest BCUT2D eigenvalue weighted by Crippen LogP contribution is -2.50. The highest BCUT2D eigenvalue weighted by molar-refractivity contribution is 5.90. The zero-order valence-corrected chi connectivity index (χ0v) is 31.2. The summed E-state index contributed by atoms with van der Waals surface area (Å²) in [6, 6.07) is 31.1. The van der Waals surface area contributed by atoms with Gasteiger partial charge >= 0.3 is 12.1 Å². The molecular weight excluding hydrogens is 711 g/mol. The first-order chi connectivity index (χ1) is 26.3. The number of halogens is 3. The molecule has 2 amide bonds. The summed E-state index contributed by atoms with van der Waals surface area (Å²) in [5, 5.41) is 23.6. The van der Waals surface area contributed by atoms with Crippen molar-refractivity contribution in [2.75, 3.05) is 20.1 Å². The smallest absolute Gasteiger partial charge is 0.392 e. The fourth-order valence-electron chi connectivity index (χ4n) is 7.47. The van der Waals surface area contributed by atoms with Crippen molar-refractivity contribution >= 4 is 11.8 Å². The van der Waals surface area contributed by atoms with Crippen LogP contribution >= 0.6 is 0 Å². The number of hydrogen-bond acceptors (Lipinski definition) is 7. The molecule has 0 aliphatic carbocycles. The molecule has 4 aromatic rings. The molecule has 2 aliphatic heterocycles. The molecule has 0 radical (unpaired) electrons. The van der Waals surface area contributed by atoms with Crippen LogP contribution in [0, 0.1) is 5.92 Å². The van der Waals surface area contributed by atoms with Crippen LogP contribution in [0.5, 0.6) is 0 Å². The summed E-state index contributed by atoms with van der Waals surface area (Å²) >= 11 is 0. The van der Waals surface area contributed by atoms with Gasteiger partial charge in [-0.25, -0.2) is 0 Å². The summed E-state index contributed by atoms with van der Waals surface area (Å²) in [6.07, 6.45) is -6.57. The number of amides is 2. The first-order valence-corrected chi connectivity index (χ1v) is 18.6. The Morgan fingerprint density at radius 1 is 0.927 bits per heavy atom. The van der Waals surface area contributed by atoms with Crippen molar-refractivity contribution in [1.82, 2.24) is 15.1 Å². The summed E-state index contributed by atoms with van der Waals surface area (Å²) in [4.78, 5) is 27.6. The number of aliphatic hydroxyl groups excluding tert-OH is 2. The topological polar surface area (TPSA) is 112 Å². The van der Waals surface area contributed by atoms with Crippen molar-refractivity contribution in [2.24, 2.45) is 5.92 Å². The first kappa shape index (κ1) is 40.1. The quantitative estimate of drug-likeness (QED) is 0.145. The Morgan fingerprint density at radius 3 is 2.25 bits per heavy atom. The Hall–Kier alpha value is -4.59. The Labute approximate surface area is 319 Å². The van der Waals surface area contributed by atoms with Crippen molar-refractivity contribution in [3.8, 4) is 11.1 Å². The van der Waals surface area contributed by atoms with E-state index in [1.807, 2.05) is 117 Å². The number of aliphatic hydroxyl groups is 2. The van der Waals surface area contributed by atoms with Gasteiger partial charge in [0.25, 0.3) is 0 Å². The molecule has 2 fully saturated rings. The number of hydrogen-bond donors (Lipinski definition) is 3. The third-order valence-electron chi connectivity index (χ3n) is 10.9. The molecule has 0 aromatic heterocycles. The molecule has 2 heterocycles. The predicted molar refractivity (Wildman–Crippen MR) is 201 cm³/mol. The minimum absolute atomic E-state index is 0.0634. The molecule has 6 rings (SSSR count). The number of likely N-dealkylation sites (tertiary alicyclic amines) is 1. The van der Waals surface area contributed by atoms with E-state index < -0.39 is 36.4 Å². The Bertz CT molecular complexity index is 1890. The molecule has 12 heteroatoms. The summed E-state index contributed by atoms with van der Waals surface area (Å²) in [6.45, 7) is 4.50. The molecule has 55 heavy (non-hydrogen) atoms. The van der Waals surface area contributed by atoms with Crippen LogP contribution in [0.1, 0.15) is 73.0 Å². The monoisotopic (exact) mass is 759 g/mol. The highest BCUT2D eigenvalue weighted by Crippen LogP contribution is 2.42. The van der Waals surface area contributed by atoms with Crippen LogP contribution < -0.4 is 5.32 Å². The number of carbonyl (C=O) groups is 2. The lowest BCUT2D eigenvalue weighted by Gasteiger charge is -2.43. The van der Waals surface area contributed by atoms with Crippen molar-refractivity contribution in [2.45, 2.75) is 82.7 Å². The Kier molecular flexibility index (Phi) is 12.7. The van der Waals surface area contributed by atoms with Gasteiger partial charge in [0.2, 0.25) is 5.91 Å². The maximum atomic E-state index is 13.1. The van der Waals surface area contributed by atoms with Gasteiger partial charge < -0.3 is 29.9 Å². The van der Waals surface area contributed by atoms with Gasteiger partial charge in [-0.05, 0) is 60.2 Å². The van der Waals surface area contributed by atoms with Gasteiger partial charge in [0.05, 0.1) is 24.9 Å². The molecule has 0 bridgehead atoms. The van der Waals surface area contributed by atoms with Gasteiger partial charge in [-0.15, -0.1) is 0 Å². The SMILES string of the molecule is C[C@H]1[C@@H](CN(C)[C@H](C)[C@@H](O)c2ccccc2)O[C@@H](c2ccc(-c3ccccc3CNC(=O)[C@@H]3CCCN3C(=O)C(F)(F)F)cc2)O[C@H]1c1ccc(CO)cc1. The lowest BCUT2D eigenvalue weighted by molar-refractivity contribution is -0.276. The van der Waals surface area contributed by atoms with E-state index in [1.165, 1.54) is 0 Å². The molecule has 0 spiro atoms. The van der Waals surface area contributed by atoms with E-state index in [0.29, 0.717) is 17.9 Å². The zero-order valence-electron chi connectivity index (χ0n) is 31.2. The van der Waals surface area contributed by atoms with E-state index in [2.05, 4.69) is 17.1 Å². The largest absolute Gasteiger partial charge is 0.471 e. The fourth-order valence-corrected chi connectivity index (χ4v) is 7.47. The van der Waals surface area contributed by atoms with Gasteiger partial charge in [-0.2, -0.15) is 13.2 Å². The van der Waals surface area contributed by atoms with Crippen LogP contribution in [-0.4, -0.2) is 76.3 Å². The highest BCUT2D eigenvalue weighted by atomic mass is 19.4. The van der Waals surface area contributed by atoms with Crippen LogP contribution in [0.3, 0.4) is 0 Å². The minimum Gasteiger partial charge on any atom is -0.392 e. The van der Waals surface area contributed by atoms with Gasteiger partial charge in [0.15, 0.2) is 6.29 Å². The molecule has 9 nitrogen and oxygen atoms in total. The van der Waals surface area contributed by atoms with E-state index in [0.717, 1.165) is 38.9 Å². The molecule has 7 atom stereocenters. The summed E-state index contributed by atoms with van der Waals surface area (Å²) in [5.41, 5.74) is 5.82. The number of alkyl halides is 3. The lowest BCUT2D eigenvalue weighted by atomic mass is 9.89. The second kappa shape index (κ2) is 17.5. The summed E-state index contributed by atoms with van der Waals surface area (Å²) in [7, 11) is 1.98. The molecule has 0 unspecified atom stereocenters. The number of carbonyl (C=O) groups excluding carboxylic acids is 2. The second-order valence-corrected chi connectivity index (χ2v) is 14.5. The van der Waals surface area contributed by atoms with Gasteiger partial charge in [-0.3, -0.25) is 14.5 Å². The number of ether oxygens (including phenoxy) is 2. The van der Waals surface area contributed by atoms with Crippen molar-refractivity contribution in [1.29, 1.82) is 0 Å². The average Bonchev–Trinajstić information content (AvgIpc) is 3.70. The number of rotatable bonds is 12. The van der Waals surface area contributed by atoms with Crippen molar-refractivity contribution < 1.29 is 42.4 Å². The van der Waals surface area contributed by atoms with E-state index in [4.69, 9.17) is 9.47 Å². The maximum absolute atomic E-state index is 13.1. The predicted octanol–water partition coefficient (Wildman–Crippen LogP) is 6.86. The van der Waals surface area contributed by atoms with E-state index >= 15 is 0 Å². The first-order valence-electron chi connectivity index (χ1n) is 18.6. The van der Waals surface area contributed by atoms with Gasteiger partial charge in [-0.1, -0.05) is 110 Å². The normalized spacial score (nSPS) is 22.7. The number of likely N-dealkylation sites (N-methyl/N-ethyl adjacent to an activating group) is 1. The van der Waals surface area contributed by atoms with Crippen molar-refractivity contribution in [3.05, 3.63) is 131 Å². The average molecular weight is 760 g/mol. The molecule has 4 aromatic carbocycles. The standard InChI is InChI=1S/C43H48F3N3O6/c1-27-37(25-48(3)28(2)38(51)31-10-5-4-6-11-31)54-41(55-39(27)32-17-15-29(26-50)16-18-32)33-21-19-30(20-22-33)35-13-8-7-12-34(35)24-47-40(52)36-14-9-23-49(36)42(53)43(44,45)46/h4-8,10-13,15-22,27-28,36-39,41,50-51H,9,14,23-26H2,1-3H3,(H,47,52)/t27-,28+,36-,37+,38+,39+,41+/m0/s1. The molecule has 2 saturated heterocycles. The number of nitrogens with zero attached hydrogens (tertiary/aromatic N) is 2. The molecule has 0 saturated carbocycles. The van der Waals surface area contributed by atoms with Gasteiger partial charge in [0, 0.05) is 37.2 Å². The second-order valence-electron chi connectivity index (χ2n) is 14.5. The van der Waals surface area contributed by atoms with Crippen LogP contribution in [0.25, 0.3) is 11.1 Å². The number of nitrogens with one attached hydrogen (secondary N) is 1.